The molecule has 1 aliphatic rings. The number of hydrogen-bond donors (Lipinski definition) is 1. The van der Waals surface area contributed by atoms with Crippen molar-refractivity contribution in [2.45, 2.75) is 59.0 Å². The molecule has 0 amide bonds. The molecule has 0 heterocycles. The lowest BCUT2D eigenvalue weighted by molar-refractivity contribution is 0.522. The van der Waals surface area contributed by atoms with Crippen LogP contribution in [0.3, 0.4) is 0 Å². The summed E-state index contributed by atoms with van der Waals surface area (Å²) in [6.07, 6.45) is 3.53. The molecular weight excluding hydrogens is 263 g/mol. The Morgan fingerprint density at radius 3 is 2.57 bits per heavy atom. The molecule has 1 N–H and O–H groups in total. The molecule has 0 bridgehead atoms. The van der Waals surface area contributed by atoms with Crippen LogP contribution in [0.2, 0.25) is 0 Å². The molecule has 1 unspecified atom stereocenters. The monoisotopic (exact) mass is 292 g/mol. The fraction of sp³-hybridized carbons (Fsp3) is 0.667. The van der Waals surface area contributed by atoms with Gasteiger partial charge in [-0.3, -0.25) is 0 Å². The maximum absolute atomic E-state index is 14.4. The highest BCUT2D eigenvalue weighted by atomic mass is 19.1. The van der Waals surface area contributed by atoms with Crippen LogP contribution in [0.1, 0.15) is 58.6 Å². The van der Waals surface area contributed by atoms with E-state index in [2.05, 4.69) is 44.0 Å². The number of nitrogens with one attached hydrogen (secondary N) is 1. The summed E-state index contributed by atoms with van der Waals surface area (Å²) in [5, 5.41) is 3.43. The molecule has 0 radical (unpaired) electrons. The van der Waals surface area contributed by atoms with E-state index in [1.165, 1.54) is 12.8 Å². The van der Waals surface area contributed by atoms with Crippen LogP contribution < -0.4 is 10.2 Å². The average Bonchev–Trinajstić information content (AvgIpc) is 3.26. The van der Waals surface area contributed by atoms with Crippen LogP contribution in [-0.4, -0.2) is 19.1 Å². The molecule has 21 heavy (non-hydrogen) atoms. The number of benzene rings is 1. The summed E-state index contributed by atoms with van der Waals surface area (Å²) in [6, 6.07) is 6.17. The van der Waals surface area contributed by atoms with Gasteiger partial charge in [-0.1, -0.05) is 26.8 Å². The van der Waals surface area contributed by atoms with E-state index in [9.17, 15) is 4.39 Å². The van der Waals surface area contributed by atoms with Crippen molar-refractivity contribution in [1.29, 1.82) is 0 Å². The van der Waals surface area contributed by atoms with Crippen molar-refractivity contribution in [3.05, 3.63) is 29.6 Å². The van der Waals surface area contributed by atoms with Gasteiger partial charge in [0.25, 0.3) is 0 Å². The Kier molecular flexibility index (Phi) is 5.63. The molecule has 0 aliphatic heterocycles. The van der Waals surface area contributed by atoms with Crippen LogP contribution >= 0.6 is 0 Å². The van der Waals surface area contributed by atoms with Crippen LogP contribution in [0.4, 0.5) is 10.1 Å². The molecule has 2 rings (SSSR count). The lowest BCUT2D eigenvalue weighted by Gasteiger charge is -2.31. The van der Waals surface area contributed by atoms with Gasteiger partial charge in [0.2, 0.25) is 0 Å². The van der Waals surface area contributed by atoms with E-state index in [1.807, 2.05) is 6.07 Å². The van der Waals surface area contributed by atoms with Crippen molar-refractivity contribution < 1.29 is 4.39 Å². The van der Waals surface area contributed by atoms with Crippen molar-refractivity contribution in [2.24, 2.45) is 5.92 Å². The van der Waals surface area contributed by atoms with E-state index in [4.69, 9.17) is 0 Å². The predicted molar refractivity (Wildman–Crippen MR) is 88.3 cm³/mol. The highest BCUT2D eigenvalue weighted by Crippen LogP contribution is 2.37. The summed E-state index contributed by atoms with van der Waals surface area (Å²) in [5.74, 6) is 0.499. The Bertz CT molecular complexity index is 455. The van der Waals surface area contributed by atoms with E-state index >= 15 is 0 Å². The first-order valence-corrected chi connectivity index (χ1v) is 8.33. The third-order valence-corrected chi connectivity index (χ3v) is 4.02. The molecule has 118 valence electrons. The van der Waals surface area contributed by atoms with E-state index < -0.39 is 0 Å². The maximum Gasteiger partial charge on any atom is 0.130 e. The van der Waals surface area contributed by atoms with Gasteiger partial charge in [-0.25, -0.2) is 4.39 Å². The first kappa shape index (κ1) is 16.3. The van der Waals surface area contributed by atoms with E-state index in [0.717, 1.165) is 30.8 Å². The lowest BCUT2D eigenvalue weighted by atomic mass is 10.0. The molecule has 2 nitrogen and oxygen atoms in total. The van der Waals surface area contributed by atoms with E-state index in [-0.39, 0.29) is 11.9 Å². The van der Waals surface area contributed by atoms with Crippen molar-refractivity contribution in [1.82, 2.24) is 5.32 Å². The molecule has 1 atom stereocenters. The van der Waals surface area contributed by atoms with Crippen molar-refractivity contribution in [3.63, 3.8) is 0 Å². The predicted octanol–water partition coefficient (Wildman–Crippen LogP) is 4.51. The Morgan fingerprint density at radius 2 is 2.00 bits per heavy atom. The Hall–Kier alpha value is -1.09. The van der Waals surface area contributed by atoms with Gasteiger partial charge in [0.1, 0.15) is 5.82 Å². The largest absolute Gasteiger partial charge is 0.368 e. The summed E-state index contributed by atoms with van der Waals surface area (Å²) >= 11 is 0. The van der Waals surface area contributed by atoms with Gasteiger partial charge in [-0.05, 0) is 50.8 Å². The van der Waals surface area contributed by atoms with Gasteiger partial charge in [-0.2, -0.15) is 0 Å². The van der Waals surface area contributed by atoms with E-state index in [1.54, 1.807) is 6.07 Å². The number of rotatable bonds is 8. The minimum atomic E-state index is -0.0852. The van der Waals surface area contributed by atoms with Crippen molar-refractivity contribution in [2.75, 3.05) is 18.0 Å². The fourth-order valence-electron chi connectivity index (χ4n) is 2.89. The molecular formula is C18H29FN2. The maximum atomic E-state index is 14.4. The summed E-state index contributed by atoms with van der Waals surface area (Å²) in [7, 11) is 0. The highest BCUT2D eigenvalue weighted by Gasteiger charge is 2.32. The minimum absolute atomic E-state index is 0.0505. The zero-order chi connectivity index (χ0) is 15.4. The quantitative estimate of drug-likeness (QED) is 0.758. The standard InChI is InChI=1S/C18H29FN2/c1-5-11-20-14(4)18-16(19)7-6-8-17(18)21(12-13(2)3)15-9-10-15/h6-8,13-15,20H,5,9-12H2,1-4H3. The Balaban J connectivity index is 2.30. The Labute approximate surface area is 128 Å². The first-order chi connectivity index (χ1) is 10.0. The molecule has 3 heteroatoms. The third-order valence-electron chi connectivity index (χ3n) is 4.02. The smallest absolute Gasteiger partial charge is 0.130 e. The van der Waals surface area contributed by atoms with Crippen LogP contribution in [0.5, 0.6) is 0 Å². The van der Waals surface area contributed by atoms with Crippen molar-refractivity contribution >= 4 is 5.69 Å². The van der Waals surface area contributed by atoms with Crippen LogP contribution in [0.25, 0.3) is 0 Å². The molecule has 1 aromatic carbocycles. The lowest BCUT2D eigenvalue weighted by Crippen LogP contribution is -2.32. The van der Waals surface area contributed by atoms with Gasteiger partial charge in [0.15, 0.2) is 0 Å². The zero-order valence-corrected chi connectivity index (χ0v) is 13.8. The first-order valence-electron chi connectivity index (χ1n) is 8.33. The summed E-state index contributed by atoms with van der Waals surface area (Å²) in [6.45, 7) is 10.6. The Morgan fingerprint density at radius 1 is 1.29 bits per heavy atom. The number of nitrogens with zero attached hydrogens (tertiary/aromatic N) is 1. The molecule has 1 saturated carbocycles. The van der Waals surface area contributed by atoms with Gasteiger partial charge in [-0.15, -0.1) is 0 Å². The molecule has 0 saturated heterocycles. The number of anilines is 1. The second-order valence-corrected chi connectivity index (χ2v) is 6.63. The summed E-state index contributed by atoms with van der Waals surface area (Å²) in [5.41, 5.74) is 1.92. The molecule has 1 fully saturated rings. The third kappa shape index (κ3) is 4.19. The van der Waals surface area contributed by atoms with Crippen LogP contribution in [0, 0.1) is 11.7 Å². The van der Waals surface area contributed by atoms with Crippen LogP contribution in [-0.2, 0) is 0 Å². The molecule has 0 spiro atoms. The minimum Gasteiger partial charge on any atom is -0.368 e. The zero-order valence-electron chi connectivity index (χ0n) is 13.8. The summed E-state index contributed by atoms with van der Waals surface area (Å²) < 4.78 is 14.4. The fourth-order valence-corrected chi connectivity index (χ4v) is 2.89. The second-order valence-electron chi connectivity index (χ2n) is 6.63. The average molecular weight is 292 g/mol. The summed E-state index contributed by atoms with van der Waals surface area (Å²) in [4.78, 5) is 2.42. The number of halogens is 1. The van der Waals surface area contributed by atoms with Crippen molar-refractivity contribution in [3.8, 4) is 0 Å². The van der Waals surface area contributed by atoms with Crippen LogP contribution in [0.15, 0.2) is 18.2 Å². The molecule has 0 aromatic heterocycles. The van der Waals surface area contributed by atoms with Gasteiger partial charge >= 0.3 is 0 Å². The second kappa shape index (κ2) is 7.26. The number of hydrogen-bond acceptors (Lipinski definition) is 2. The van der Waals surface area contributed by atoms with Gasteiger partial charge < -0.3 is 10.2 Å². The van der Waals surface area contributed by atoms with Gasteiger partial charge in [0, 0.05) is 29.9 Å². The normalized spacial score (nSPS) is 16.3. The van der Waals surface area contributed by atoms with E-state index in [0.29, 0.717) is 12.0 Å². The SMILES string of the molecule is CCCNC(C)c1c(F)cccc1N(CC(C)C)C1CC1. The van der Waals surface area contributed by atoms with Gasteiger partial charge in [0.05, 0.1) is 0 Å². The molecule has 1 aromatic rings. The molecule has 1 aliphatic carbocycles. The topological polar surface area (TPSA) is 15.3 Å². The highest BCUT2D eigenvalue weighted by molar-refractivity contribution is 5.57.